The maximum Gasteiger partial charge on any atom is 0.0452 e. The van der Waals surface area contributed by atoms with Crippen LogP contribution in [0.3, 0.4) is 0 Å². The van der Waals surface area contributed by atoms with Gasteiger partial charge in [-0.3, -0.25) is 0 Å². The van der Waals surface area contributed by atoms with Crippen molar-refractivity contribution < 1.29 is 0 Å². The van der Waals surface area contributed by atoms with Crippen LogP contribution >= 0.6 is 27.5 Å². The first-order chi connectivity index (χ1) is 7.74. The molecule has 3 rings (SSSR count). The van der Waals surface area contributed by atoms with Crippen LogP contribution in [0.2, 0.25) is 5.02 Å². The van der Waals surface area contributed by atoms with Crippen molar-refractivity contribution in [2.75, 3.05) is 6.54 Å². The van der Waals surface area contributed by atoms with Gasteiger partial charge in [-0.1, -0.05) is 33.6 Å². The lowest BCUT2D eigenvalue weighted by atomic mass is 10.1. The molecule has 86 valence electrons. The fraction of sp³-hybridized carbons (Fsp3) is 0.538. The summed E-state index contributed by atoms with van der Waals surface area (Å²) in [7, 11) is 0. The average Bonchev–Trinajstić information content (AvgIpc) is 3.11. The Hall–Kier alpha value is -0.0500. The first-order valence-electron chi connectivity index (χ1n) is 5.92. The fourth-order valence-corrected chi connectivity index (χ4v) is 3.08. The molecule has 0 spiro atoms. The molecule has 2 fully saturated rings. The van der Waals surface area contributed by atoms with Crippen LogP contribution in [-0.4, -0.2) is 12.6 Å². The third-order valence-corrected chi connectivity index (χ3v) is 4.35. The lowest BCUT2D eigenvalue weighted by Gasteiger charge is -2.05. The molecule has 0 saturated heterocycles. The van der Waals surface area contributed by atoms with Gasteiger partial charge in [0.1, 0.15) is 0 Å². The number of nitrogens with one attached hydrogen (secondary N) is 1. The summed E-state index contributed by atoms with van der Waals surface area (Å²) in [5.74, 6) is 1.49. The molecular weight excluding hydrogens is 286 g/mol. The second-order valence-corrected chi connectivity index (χ2v) is 6.27. The predicted molar refractivity (Wildman–Crippen MR) is 71.0 cm³/mol. The molecule has 2 saturated carbocycles. The van der Waals surface area contributed by atoms with Crippen LogP contribution in [-0.2, 0) is 0 Å². The lowest BCUT2D eigenvalue weighted by Crippen LogP contribution is -2.19. The Labute approximate surface area is 110 Å². The SMILES string of the molecule is Clc1cc(Br)ccc1C1CC1CNC1CC1. The molecule has 0 heterocycles. The third-order valence-electron chi connectivity index (χ3n) is 3.53. The summed E-state index contributed by atoms with van der Waals surface area (Å²) < 4.78 is 1.06. The summed E-state index contributed by atoms with van der Waals surface area (Å²) in [6.45, 7) is 1.17. The summed E-state index contributed by atoms with van der Waals surface area (Å²) >= 11 is 9.70. The van der Waals surface area contributed by atoms with Gasteiger partial charge >= 0.3 is 0 Å². The Bertz CT molecular complexity index is 403. The van der Waals surface area contributed by atoms with E-state index in [4.69, 9.17) is 11.6 Å². The van der Waals surface area contributed by atoms with Gasteiger partial charge in [0, 0.05) is 15.5 Å². The maximum atomic E-state index is 6.25. The summed E-state index contributed by atoms with van der Waals surface area (Å²) in [6.07, 6.45) is 4.04. The molecule has 0 aliphatic heterocycles. The monoisotopic (exact) mass is 299 g/mol. The number of hydrogen-bond acceptors (Lipinski definition) is 1. The van der Waals surface area contributed by atoms with Gasteiger partial charge in [-0.2, -0.15) is 0 Å². The van der Waals surface area contributed by atoms with Gasteiger partial charge in [-0.05, 0) is 55.3 Å². The van der Waals surface area contributed by atoms with Crippen molar-refractivity contribution in [2.24, 2.45) is 5.92 Å². The van der Waals surface area contributed by atoms with E-state index in [1.165, 1.54) is 31.4 Å². The molecule has 0 aromatic heterocycles. The van der Waals surface area contributed by atoms with Crippen LogP contribution in [0.4, 0.5) is 0 Å². The standard InChI is InChI=1S/C13H15BrClN/c14-9-1-4-11(13(15)6-9)12-5-8(12)7-16-10-2-3-10/h1,4,6,8,10,12,16H,2-3,5,7H2. The Morgan fingerprint density at radius 1 is 1.38 bits per heavy atom. The summed E-state index contributed by atoms with van der Waals surface area (Å²) in [4.78, 5) is 0. The zero-order valence-corrected chi connectivity index (χ0v) is 11.4. The Morgan fingerprint density at radius 2 is 2.19 bits per heavy atom. The van der Waals surface area contributed by atoms with Crippen molar-refractivity contribution in [1.82, 2.24) is 5.32 Å². The highest BCUT2D eigenvalue weighted by molar-refractivity contribution is 9.10. The van der Waals surface area contributed by atoms with Gasteiger partial charge < -0.3 is 5.32 Å². The van der Waals surface area contributed by atoms with Crippen LogP contribution in [0.25, 0.3) is 0 Å². The van der Waals surface area contributed by atoms with Crippen LogP contribution in [0.5, 0.6) is 0 Å². The lowest BCUT2D eigenvalue weighted by molar-refractivity contribution is 0.624. The molecule has 0 radical (unpaired) electrons. The molecule has 1 aromatic carbocycles. The van der Waals surface area contributed by atoms with Crippen LogP contribution in [0, 0.1) is 5.92 Å². The van der Waals surface area contributed by atoms with Gasteiger partial charge in [-0.15, -0.1) is 0 Å². The van der Waals surface area contributed by atoms with E-state index < -0.39 is 0 Å². The van der Waals surface area contributed by atoms with E-state index in [2.05, 4.69) is 33.4 Å². The smallest absolute Gasteiger partial charge is 0.0452 e. The highest BCUT2D eigenvalue weighted by Gasteiger charge is 2.39. The largest absolute Gasteiger partial charge is 0.314 e. The molecule has 1 nitrogen and oxygen atoms in total. The van der Waals surface area contributed by atoms with Crippen molar-refractivity contribution in [3.8, 4) is 0 Å². The molecule has 16 heavy (non-hydrogen) atoms. The molecule has 3 heteroatoms. The third kappa shape index (κ3) is 2.44. The Kier molecular flexibility index (Phi) is 2.99. The van der Waals surface area contributed by atoms with E-state index in [-0.39, 0.29) is 0 Å². The highest BCUT2D eigenvalue weighted by Crippen LogP contribution is 2.49. The van der Waals surface area contributed by atoms with E-state index in [1.54, 1.807) is 0 Å². The average molecular weight is 301 g/mol. The molecule has 2 aliphatic carbocycles. The minimum Gasteiger partial charge on any atom is -0.314 e. The Balaban J connectivity index is 1.61. The zero-order chi connectivity index (χ0) is 11.1. The van der Waals surface area contributed by atoms with E-state index >= 15 is 0 Å². The molecule has 2 atom stereocenters. The van der Waals surface area contributed by atoms with E-state index in [1.807, 2.05) is 6.07 Å². The van der Waals surface area contributed by atoms with E-state index in [9.17, 15) is 0 Å². The zero-order valence-electron chi connectivity index (χ0n) is 9.05. The normalized spacial score (nSPS) is 28.1. The van der Waals surface area contributed by atoms with Gasteiger partial charge in [0.05, 0.1) is 0 Å². The first kappa shape index (κ1) is 11.1. The highest BCUT2D eigenvalue weighted by atomic mass is 79.9. The predicted octanol–water partition coefficient (Wildman–Crippen LogP) is 3.96. The minimum absolute atomic E-state index is 0.687. The van der Waals surface area contributed by atoms with Crippen molar-refractivity contribution >= 4 is 27.5 Å². The number of hydrogen-bond donors (Lipinski definition) is 1. The topological polar surface area (TPSA) is 12.0 Å². The quantitative estimate of drug-likeness (QED) is 0.887. The second kappa shape index (κ2) is 4.32. The van der Waals surface area contributed by atoms with Crippen LogP contribution in [0.1, 0.15) is 30.7 Å². The van der Waals surface area contributed by atoms with E-state index in [0.29, 0.717) is 5.92 Å². The summed E-state index contributed by atoms with van der Waals surface area (Å²) in [6, 6.07) is 7.07. The number of benzene rings is 1. The van der Waals surface area contributed by atoms with Crippen molar-refractivity contribution in [3.05, 3.63) is 33.3 Å². The van der Waals surface area contributed by atoms with Gasteiger partial charge in [0.2, 0.25) is 0 Å². The van der Waals surface area contributed by atoms with Crippen molar-refractivity contribution in [3.63, 3.8) is 0 Å². The fourth-order valence-electron chi connectivity index (χ4n) is 2.26. The van der Waals surface area contributed by atoms with Gasteiger partial charge in [0.15, 0.2) is 0 Å². The number of rotatable bonds is 4. The Morgan fingerprint density at radius 3 is 2.88 bits per heavy atom. The molecule has 0 amide bonds. The van der Waals surface area contributed by atoms with Crippen molar-refractivity contribution in [1.29, 1.82) is 0 Å². The van der Waals surface area contributed by atoms with Crippen LogP contribution in [0.15, 0.2) is 22.7 Å². The van der Waals surface area contributed by atoms with Crippen molar-refractivity contribution in [2.45, 2.75) is 31.2 Å². The van der Waals surface area contributed by atoms with Gasteiger partial charge in [-0.25, -0.2) is 0 Å². The second-order valence-electron chi connectivity index (χ2n) is 4.95. The molecule has 2 aliphatic rings. The molecular formula is C13H15BrClN. The summed E-state index contributed by atoms with van der Waals surface area (Å²) in [5.41, 5.74) is 1.33. The molecule has 1 N–H and O–H groups in total. The first-order valence-corrected chi connectivity index (χ1v) is 7.09. The summed E-state index contributed by atoms with van der Waals surface area (Å²) in [5, 5.41) is 4.51. The van der Waals surface area contributed by atoms with E-state index in [0.717, 1.165) is 21.5 Å². The minimum atomic E-state index is 0.687. The molecule has 1 aromatic rings. The van der Waals surface area contributed by atoms with Gasteiger partial charge in [0.25, 0.3) is 0 Å². The molecule has 2 unspecified atom stereocenters. The maximum absolute atomic E-state index is 6.25. The van der Waals surface area contributed by atoms with Crippen LogP contribution < -0.4 is 5.32 Å². The molecule has 0 bridgehead atoms. The number of halogens is 2.